The number of rotatable bonds is 12. The number of ether oxygens (including phenoxy) is 2. The van der Waals surface area contributed by atoms with E-state index in [0.717, 1.165) is 38.5 Å². The third kappa shape index (κ3) is 8.87. The number of anilines is 1. The molecule has 2 aromatic heterocycles. The van der Waals surface area contributed by atoms with Crippen LogP contribution in [0, 0.1) is 11.3 Å². The van der Waals surface area contributed by atoms with E-state index in [1.807, 2.05) is 72.7 Å². The van der Waals surface area contributed by atoms with Gasteiger partial charge < -0.3 is 19.2 Å². The Morgan fingerprint density at radius 3 is 2.74 bits per heavy atom. The van der Waals surface area contributed by atoms with Crippen LogP contribution >= 0.6 is 15.9 Å². The quantitative estimate of drug-likeness (QED) is 0.0857. The minimum absolute atomic E-state index is 0.0796. The molecule has 3 atom stereocenters. The molecular weight excluding hydrogens is 740 g/mol. The molecule has 3 aromatic rings. The van der Waals surface area contributed by atoms with Crippen molar-refractivity contribution in [1.82, 2.24) is 0 Å². The summed E-state index contributed by atoms with van der Waals surface area (Å²) in [4.78, 5) is 27.3. The molecule has 2 aliphatic carbocycles. The third-order valence-corrected chi connectivity index (χ3v) is 11.3. The molecule has 0 radical (unpaired) electrons. The van der Waals surface area contributed by atoms with Crippen molar-refractivity contribution in [2.45, 2.75) is 79.4 Å². The van der Waals surface area contributed by atoms with Crippen molar-refractivity contribution in [2.24, 2.45) is 11.3 Å². The molecule has 0 spiro atoms. The molecule has 1 aliphatic heterocycles. The van der Waals surface area contributed by atoms with Gasteiger partial charge in [-0.05, 0) is 80.6 Å². The van der Waals surface area contributed by atoms with E-state index in [0.29, 0.717) is 24.2 Å². The highest BCUT2D eigenvalue weighted by Gasteiger charge is 2.35. The maximum absolute atomic E-state index is 13.2. The molecule has 0 fully saturated rings. The highest BCUT2D eigenvalue weighted by molar-refractivity contribution is 9.11. The van der Waals surface area contributed by atoms with Gasteiger partial charge in [-0.15, -0.1) is 0 Å². The molecule has 3 unspecified atom stereocenters. The van der Waals surface area contributed by atoms with Crippen molar-refractivity contribution in [2.75, 3.05) is 11.9 Å². The van der Waals surface area contributed by atoms with Crippen molar-refractivity contribution in [3.8, 4) is 0 Å². The fourth-order valence-electron chi connectivity index (χ4n) is 7.67. The van der Waals surface area contributed by atoms with E-state index in [2.05, 4.69) is 84.7 Å². The van der Waals surface area contributed by atoms with Crippen LogP contribution in [0.25, 0.3) is 22.7 Å². The van der Waals surface area contributed by atoms with Gasteiger partial charge in [0.25, 0.3) is 0 Å². The summed E-state index contributed by atoms with van der Waals surface area (Å²) in [5, 5.41) is 4.95. The van der Waals surface area contributed by atoms with Crippen LogP contribution in [0.3, 0.4) is 0 Å². The lowest BCUT2D eigenvalue weighted by Gasteiger charge is -2.32. The Bertz CT molecular complexity index is 2280. The first-order valence-electron chi connectivity index (χ1n) is 18.7. The molecule has 54 heavy (non-hydrogen) atoms. The monoisotopic (exact) mass is 789 g/mol. The van der Waals surface area contributed by atoms with Gasteiger partial charge >= 0.3 is 5.97 Å². The zero-order valence-corrected chi connectivity index (χ0v) is 33.6. The topological polar surface area (TPSA) is 81.7 Å². The van der Waals surface area contributed by atoms with Crippen molar-refractivity contribution in [1.29, 1.82) is 0 Å². The number of carbonyl (C=O) groups excluding carboxylic acids is 2. The molecule has 8 heteroatoms. The molecule has 3 aliphatic rings. The normalized spacial score (nSPS) is 20.9. The average molecular weight is 791 g/mol. The molecule has 0 saturated heterocycles. The Morgan fingerprint density at radius 2 is 1.94 bits per heavy atom. The number of amides is 1. The summed E-state index contributed by atoms with van der Waals surface area (Å²) in [6.07, 6.45) is 24.8. The lowest BCUT2D eigenvalue weighted by atomic mass is 9.72. The number of pyridine rings is 1. The van der Waals surface area contributed by atoms with Crippen molar-refractivity contribution < 1.29 is 28.0 Å². The number of hydrogen-bond donors (Lipinski definition) is 1. The number of nitrogens with one attached hydrogen (secondary N) is 1. The van der Waals surface area contributed by atoms with Gasteiger partial charge in [-0.1, -0.05) is 95.6 Å². The van der Waals surface area contributed by atoms with Gasteiger partial charge in [-0.3, -0.25) is 4.79 Å². The van der Waals surface area contributed by atoms with E-state index < -0.39 is 12.1 Å². The van der Waals surface area contributed by atoms with Gasteiger partial charge in [0, 0.05) is 47.4 Å². The van der Waals surface area contributed by atoms with E-state index >= 15 is 0 Å². The standard InChI is InChI=1S/C46H49BrN2O5/c1-30(16-18-37-32(3)13-10-23-46(37,5)6)11-9-12-31(2)27-41(50)48-38-20-24-49(40-15-8-7-14-36(38)40)39(33(4)29-47)22-26-53-45-43-35(21-25-52-43)28-34-17-19-42(51)54-44(34)45/h7-9,11-12,14-21,24-25,27-29,34,39,44H,10,13,22-23,26H2,1-6H3/p+1. The second kappa shape index (κ2) is 17.0. The number of para-hydroxylation sites is 1. The number of furan rings is 1. The molecule has 3 heterocycles. The first kappa shape index (κ1) is 38.8. The number of benzene rings is 1. The van der Waals surface area contributed by atoms with Crippen LogP contribution in [-0.4, -0.2) is 24.6 Å². The highest BCUT2D eigenvalue weighted by Crippen LogP contribution is 2.41. The highest BCUT2D eigenvalue weighted by atomic mass is 79.9. The summed E-state index contributed by atoms with van der Waals surface area (Å²) in [6.45, 7) is 13.4. The minimum atomic E-state index is -0.569. The summed E-state index contributed by atoms with van der Waals surface area (Å²) >= 11 is 3.56. The number of esters is 1. The summed E-state index contributed by atoms with van der Waals surface area (Å²) in [5.74, 6) is -0.181. The lowest BCUT2D eigenvalue weighted by molar-refractivity contribution is -0.690. The Balaban J connectivity index is 1.15. The predicted molar refractivity (Wildman–Crippen MR) is 220 cm³/mol. The molecule has 1 amide bonds. The molecule has 0 saturated carbocycles. The van der Waals surface area contributed by atoms with Crippen LogP contribution in [0.1, 0.15) is 73.3 Å². The van der Waals surface area contributed by atoms with Crippen molar-refractivity contribution in [3.05, 3.63) is 141 Å². The Hall–Kier alpha value is -4.95. The van der Waals surface area contributed by atoms with E-state index in [1.165, 1.54) is 36.5 Å². The van der Waals surface area contributed by atoms with Crippen LogP contribution < -0.4 is 20.5 Å². The van der Waals surface area contributed by atoms with Crippen LogP contribution in [-0.2, 0) is 19.1 Å². The Kier molecular flexibility index (Phi) is 12.2. The smallest absolute Gasteiger partial charge is 0.331 e. The van der Waals surface area contributed by atoms with Crippen molar-refractivity contribution >= 4 is 56.2 Å². The molecule has 6 rings (SSSR count). The van der Waals surface area contributed by atoms with Gasteiger partial charge in [-0.25, -0.2) is 4.79 Å². The zero-order chi connectivity index (χ0) is 38.4. The number of fused-ring (bicyclic) bond motifs is 3. The maximum atomic E-state index is 13.2. The zero-order valence-electron chi connectivity index (χ0n) is 32.0. The second-order valence-corrected chi connectivity index (χ2v) is 15.6. The van der Waals surface area contributed by atoms with Crippen LogP contribution in [0.5, 0.6) is 0 Å². The minimum Gasteiger partial charge on any atom is -0.490 e. The number of allylic oxidation sites excluding steroid dienone is 10. The fourth-order valence-corrected chi connectivity index (χ4v) is 7.97. The van der Waals surface area contributed by atoms with E-state index in [1.54, 1.807) is 12.3 Å². The van der Waals surface area contributed by atoms with Gasteiger partial charge in [0.2, 0.25) is 11.4 Å². The summed E-state index contributed by atoms with van der Waals surface area (Å²) in [5.41, 5.74) is 8.52. The number of aromatic nitrogens is 1. The van der Waals surface area contributed by atoms with Crippen molar-refractivity contribution in [3.63, 3.8) is 0 Å². The number of nitrogens with zero attached hydrogens (tertiary/aromatic N) is 1. The van der Waals surface area contributed by atoms with E-state index in [4.69, 9.17) is 13.9 Å². The Labute approximate surface area is 326 Å². The summed E-state index contributed by atoms with van der Waals surface area (Å²) < 4.78 is 20.1. The third-order valence-electron chi connectivity index (χ3n) is 10.5. The summed E-state index contributed by atoms with van der Waals surface area (Å²) in [6, 6.07) is 11.8. The predicted octanol–water partition coefficient (Wildman–Crippen LogP) is 9.14. The fraction of sp³-hybridized carbons (Fsp3) is 0.326. The second-order valence-electron chi connectivity index (χ2n) is 15.1. The van der Waals surface area contributed by atoms with E-state index in [9.17, 15) is 9.59 Å². The van der Waals surface area contributed by atoms with Gasteiger partial charge in [0.1, 0.15) is 0 Å². The first-order valence-corrected chi connectivity index (χ1v) is 19.6. The summed E-state index contributed by atoms with van der Waals surface area (Å²) in [7, 11) is 0. The SMILES string of the molecule is CC(C=CC1=C(C)CCCC1(C)C)=CC=CC(C)=CC(=O)Nc1cc[n+](C(CCOC2=c3occc3=CC3C=CC(=O)OC23)C(C)=CBr)c2ccccc12. The van der Waals surface area contributed by atoms with Crippen LogP contribution in [0.15, 0.2) is 135 Å². The van der Waals surface area contributed by atoms with Gasteiger partial charge in [0.15, 0.2) is 29.5 Å². The molecule has 280 valence electrons. The molecule has 7 nitrogen and oxygen atoms in total. The van der Waals surface area contributed by atoms with Crippen LogP contribution in [0.4, 0.5) is 5.69 Å². The average Bonchev–Trinajstić information content (AvgIpc) is 3.61. The number of halogens is 1. The maximum Gasteiger partial charge on any atom is 0.331 e. The number of carbonyl (C=O) groups is 2. The van der Waals surface area contributed by atoms with Gasteiger partial charge in [-0.2, -0.15) is 4.57 Å². The largest absolute Gasteiger partial charge is 0.490 e. The molecular formula is C46H50BrN2O5+. The first-order chi connectivity index (χ1) is 25.9. The Morgan fingerprint density at radius 1 is 1.13 bits per heavy atom. The van der Waals surface area contributed by atoms with Crippen LogP contribution in [0.2, 0.25) is 0 Å². The molecule has 0 bridgehead atoms. The van der Waals surface area contributed by atoms with Gasteiger partial charge in [0.05, 0.1) is 23.9 Å². The van der Waals surface area contributed by atoms with E-state index in [-0.39, 0.29) is 23.3 Å². The molecule has 1 aromatic carbocycles. The lowest BCUT2D eigenvalue weighted by Crippen LogP contribution is -2.43. The number of hydrogen-bond acceptors (Lipinski definition) is 5. The molecule has 1 N–H and O–H groups in total.